The summed E-state index contributed by atoms with van der Waals surface area (Å²) in [6.07, 6.45) is 2.17. The summed E-state index contributed by atoms with van der Waals surface area (Å²) in [6, 6.07) is 6.54. The first-order valence-corrected chi connectivity index (χ1v) is 4.59. The van der Waals surface area contributed by atoms with Crippen molar-refractivity contribution in [2.45, 2.75) is 19.8 Å². The molecule has 0 spiro atoms. The highest BCUT2D eigenvalue weighted by Crippen LogP contribution is 2.36. The van der Waals surface area contributed by atoms with Gasteiger partial charge in [-0.05, 0) is 24.6 Å². The molecule has 1 heteroatoms. The van der Waals surface area contributed by atoms with Gasteiger partial charge in [-0.2, -0.15) is 0 Å². The largest absolute Gasteiger partial charge is 0.496 e. The third kappa shape index (κ3) is 1.24. The Labute approximate surface area is 79.0 Å². The Morgan fingerprint density at radius 3 is 2.77 bits per heavy atom. The molecule has 1 aliphatic carbocycles. The second-order valence-electron chi connectivity index (χ2n) is 3.61. The highest BCUT2D eigenvalue weighted by Gasteiger charge is 2.20. The summed E-state index contributed by atoms with van der Waals surface area (Å²) in [5, 5.41) is 0. The Bertz CT molecular complexity index is 363. The van der Waals surface area contributed by atoms with Crippen molar-refractivity contribution in [3.8, 4) is 0 Å². The van der Waals surface area contributed by atoms with Crippen molar-refractivity contribution in [2.75, 3.05) is 7.11 Å². The van der Waals surface area contributed by atoms with Crippen molar-refractivity contribution in [3.05, 3.63) is 41.0 Å². The minimum atomic E-state index is 0.491. The van der Waals surface area contributed by atoms with Crippen LogP contribution in [0.25, 0.3) is 5.76 Å². The number of aryl methyl sites for hydroxylation is 1. The Balaban J connectivity index is 2.55. The molecule has 1 aromatic carbocycles. The minimum Gasteiger partial charge on any atom is -0.496 e. The molecule has 0 unspecified atom stereocenters. The number of ether oxygens (including phenoxy) is 1. The van der Waals surface area contributed by atoms with E-state index in [0.717, 1.165) is 5.76 Å². The number of fused-ring (bicyclic) bond motifs is 1. The lowest BCUT2D eigenvalue weighted by molar-refractivity contribution is 0.370. The van der Waals surface area contributed by atoms with E-state index in [1.54, 1.807) is 7.11 Å². The van der Waals surface area contributed by atoms with Gasteiger partial charge in [-0.15, -0.1) is 0 Å². The molecule has 0 saturated heterocycles. The first-order chi connectivity index (χ1) is 6.22. The van der Waals surface area contributed by atoms with Crippen molar-refractivity contribution in [1.82, 2.24) is 0 Å². The van der Waals surface area contributed by atoms with E-state index < -0.39 is 0 Å². The second-order valence-corrected chi connectivity index (χ2v) is 3.61. The normalized spacial score (nSPS) is 19.6. The number of allylic oxidation sites excluding steroid dienone is 1. The van der Waals surface area contributed by atoms with Gasteiger partial charge >= 0.3 is 0 Å². The standard InChI is InChI=1S/C12H14O/c1-8-4-5-10-9(2)7-12(13-3)11(10)6-8/h4-7,9H,1-3H3/t9-/m0/s1. The zero-order chi connectivity index (χ0) is 9.42. The lowest BCUT2D eigenvalue weighted by Crippen LogP contribution is -1.89. The van der Waals surface area contributed by atoms with Crippen LogP contribution < -0.4 is 0 Å². The van der Waals surface area contributed by atoms with Gasteiger partial charge < -0.3 is 4.74 Å². The van der Waals surface area contributed by atoms with Gasteiger partial charge in [0, 0.05) is 11.5 Å². The number of methoxy groups -OCH3 is 1. The van der Waals surface area contributed by atoms with Crippen LogP contribution in [-0.4, -0.2) is 7.11 Å². The van der Waals surface area contributed by atoms with Crippen molar-refractivity contribution in [1.29, 1.82) is 0 Å². The molecule has 0 fully saturated rings. The maximum atomic E-state index is 5.32. The first kappa shape index (κ1) is 8.36. The van der Waals surface area contributed by atoms with E-state index in [-0.39, 0.29) is 0 Å². The molecule has 1 aliphatic rings. The van der Waals surface area contributed by atoms with E-state index in [4.69, 9.17) is 4.74 Å². The topological polar surface area (TPSA) is 9.23 Å². The van der Waals surface area contributed by atoms with Crippen molar-refractivity contribution < 1.29 is 4.74 Å². The third-order valence-corrected chi connectivity index (χ3v) is 2.59. The van der Waals surface area contributed by atoms with Crippen LogP contribution in [0.5, 0.6) is 0 Å². The maximum absolute atomic E-state index is 5.32. The highest BCUT2D eigenvalue weighted by molar-refractivity contribution is 5.70. The van der Waals surface area contributed by atoms with E-state index in [1.807, 2.05) is 0 Å². The van der Waals surface area contributed by atoms with E-state index in [9.17, 15) is 0 Å². The molecule has 0 aliphatic heterocycles. The highest BCUT2D eigenvalue weighted by atomic mass is 16.5. The fourth-order valence-corrected chi connectivity index (χ4v) is 1.87. The van der Waals surface area contributed by atoms with Crippen LogP contribution in [0.2, 0.25) is 0 Å². The van der Waals surface area contributed by atoms with Gasteiger partial charge in [-0.3, -0.25) is 0 Å². The van der Waals surface area contributed by atoms with Gasteiger partial charge in [0.2, 0.25) is 0 Å². The number of rotatable bonds is 1. The van der Waals surface area contributed by atoms with Gasteiger partial charge in [0.05, 0.1) is 7.11 Å². The molecule has 1 aromatic rings. The summed E-state index contributed by atoms with van der Waals surface area (Å²) in [6.45, 7) is 4.30. The smallest absolute Gasteiger partial charge is 0.123 e. The predicted octanol–water partition coefficient (Wildman–Crippen LogP) is 3.10. The van der Waals surface area contributed by atoms with Crippen LogP contribution in [-0.2, 0) is 4.74 Å². The Morgan fingerprint density at radius 2 is 2.08 bits per heavy atom. The Morgan fingerprint density at radius 1 is 1.31 bits per heavy atom. The predicted molar refractivity (Wildman–Crippen MR) is 54.6 cm³/mol. The summed E-state index contributed by atoms with van der Waals surface area (Å²) in [5.74, 6) is 1.51. The molecule has 0 radical (unpaired) electrons. The van der Waals surface area contributed by atoms with Gasteiger partial charge in [-0.25, -0.2) is 0 Å². The summed E-state index contributed by atoms with van der Waals surface area (Å²) >= 11 is 0. The van der Waals surface area contributed by atoms with E-state index in [2.05, 4.69) is 38.1 Å². The quantitative estimate of drug-likeness (QED) is 0.635. The molecule has 2 rings (SSSR count). The Hall–Kier alpha value is -1.24. The monoisotopic (exact) mass is 174 g/mol. The summed E-state index contributed by atoms with van der Waals surface area (Å²) in [5.41, 5.74) is 3.92. The number of hydrogen-bond donors (Lipinski definition) is 0. The molecule has 0 amide bonds. The van der Waals surface area contributed by atoms with Crippen molar-refractivity contribution in [3.63, 3.8) is 0 Å². The van der Waals surface area contributed by atoms with Gasteiger partial charge in [0.15, 0.2) is 0 Å². The first-order valence-electron chi connectivity index (χ1n) is 4.59. The molecule has 13 heavy (non-hydrogen) atoms. The van der Waals surface area contributed by atoms with Crippen LogP contribution in [0.15, 0.2) is 24.3 Å². The summed E-state index contributed by atoms with van der Waals surface area (Å²) in [4.78, 5) is 0. The minimum absolute atomic E-state index is 0.491. The van der Waals surface area contributed by atoms with Gasteiger partial charge in [0.25, 0.3) is 0 Å². The molecule has 0 bridgehead atoms. The van der Waals surface area contributed by atoms with Crippen molar-refractivity contribution in [2.24, 2.45) is 0 Å². The maximum Gasteiger partial charge on any atom is 0.123 e. The van der Waals surface area contributed by atoms with Crippen LogP contribution in [0.3, 0.4) is 0 Å². The average Bonchev–Trinajstić information content (AvgIpc) is 2.42. The number of hydrogen-bond acceptors (Lipinski definition) is 1. The summed E-state index contributed by atoms with van der Waals surface area (Å²) in [7, 11) is 1.73. The SMILES string of the molecule is COC1=C[C@H](C)c2ccc(C)cc21. The molecular formula is C12H14O. The van der Waals surface area contributed by atoms with Crippen LogP contribution in [0, 0.1) is 6.92 Å². The zero-order valence-electron chi connectivity index (χ0n) is 8.29. The zero-order valence-corrected chi connectivity index (χ0v) is 8.29. The molecule has 1 nitrogen and oxygen atoms in total. The summed E-state index contributed by atoms with van der Waals surface area (Å²) < 4.78 is 5.32. The molecule has 0 N–H and O–H groups in total. The van der Waals surface area contributed by atoms with E-state index in [0.29, 0.717) is 5.92 Å². The fraction of sp³-hybridized carbons (Fsp3) is 0.333. The van der Waals surface area contributed by atoms with Crippen molar-refractivity contribution >= 4 is 5.76 Å². The fourth-order valence-electron chi connectivity index (χ4n) is 1.87. The van der Waals surface area contributed by atoms with Gasteiger partial charge in [-0.1, -0.05) is 24.6 Å². The molecule has 0 heterocycles. The third-order valence-electron chi connectivity index (χ3n) is 2.59. The van der Waals surface area contributed by atoms with Gasteiger partial charge in [0.1, 0.15) is 5.76 Å². The number of benzene rings is 1. The molecule has 1 atom stereocenters. The molecular weight excluding hydrogens is 160 g/mol. The second kappa shape index (κ2) is 2.91. The lowest BCUT2D eigenvalue weighted by Gasteiger charge is -2.06. The molecule has 68 valence electrons. The van der Waals surface area contributed by atoms with Crippen LogP contribution in [0.4, 0.5) is 0 Å². The van der Waals surface area contributed by atoms with Crippen LogP contribution >= 0.6 is 0 Å². The lowest BCUT2D eigenvalue weighted by atomic mass is 10.0. The Kier molecular flexibility index (Phi) is 1.87. The van der Waals surface area contributed by atoms with E-state index in [1.165, 1.54) is 16.7 Å². The molecule has 0 saturated carbocycles. The average molecular weight is 174 g/mol. The molecule has 0 aromatic heterocycles. The van der Waals surface area contributed by atoms with E-state index >= 15 is 0 Å². The van der Waals surface area contributed by atoms with Crippen LogP contribution in [0.1, 0.15) is 29.5 Å².